The highest BCUT2D eigenvalue weighted by atomic mass is 15.2. The number of aromatic nitrogens is 4. The van der Waals surface area contributed by atoms with Gasteiger partial charge in [-0.3, -0.25) is 0 Å². The summed E-state index contributed by atoms with van der Waals surface area (Å²) in [6.07, 6.45) is 1.95. The van der Waals surface area contributed by atoms with Crippen molar-refractivity contribution in [3.05, 3.63) is 35.0 Å². The Morgan fingerprint density at radius 2 is 1.91 bits per heavy atom. The van der Waals surface area contributed by atoms with E-state index in [-0.39, 0.29) is 5.41 Å². The average molecular weight is 298 g/mol. The average Bonchev–Trinajstić information content (AvgIpc) is 2.88. The molecule has 0 atom stereocenters. The van der Waals surface area contributed by atoms with Crippen LogP contribution in [0.2, 0.25) is 0 Å². The molecule has 3 heterocycles. The molecule has 0 bridgehead atoms. The third-order valence-corrected chi connectivity index (χ3v) is 3.72. The third-order valence-electron chi connectivity index (χ3n) is 3.72. The van der Waals surface area contributed by atoms with Gasteiger partial charge >= 0.3 is 0 Å². The van der Waals surface area contributed by atoms with E-state index >= 15 is 0 Å². The maximum absolute atomic E-state index is 4.75. The second-order valence-electron chi connectivity index (χ2n) is 6.71. The zero-order chi connectivity index (χ0) is 15.9. The van der Waals surface area contributed by atoms with Gasteiger partial charge in [0, 0.05) is 42.5 Å². The first-order valence-electron chi connectivity index (χ1n) is 7.50. The maximum atomic E-state index is 4.75. The van der Waals surface area contributed by atoms with Crippen LogP contribution < -0.4 is 10.2 Å². The van der Waals surface area contributed by atoms with Crippen LogP contribution in [0.25, 0.3) is 0 Å². The van der Waals surface area contributed by atoms with Gasteiger partial charge in [-0.15, -0.1) is 0 Å². The standard InChI is InChI=1S/C16H22N6/c1-10-6-13(21-15(17-5)19-10)22-8-11-7-18-14(16(2,3)4)20-12(11)9-22/h6-7H,8-9H2,1-5H3,(H,17,19,21). The van der Waals surface area contributed by atoms with E-state index in [2.05, 4.69) is 45.9 Å². The molecule has 3 rings (SSSR count). The van der Waals surface area contributed by atoms with Crippen molar-refractivity contribution in [3.63, 3.8) is 0 Å². The van der Waals surface area contributed by atoms with Crippen LogP contribution in [0.1, 0.15) is 43.5 Å². The minimum Gasteiger partial charge on any atom is -0.357 e. The van der Waals surface area contributed by atoms with E-state index in [0.717, 1.165) is 36.1 Å². The predicted molar refractivity (Wildman–Crippen MR) is 86.9 cm³/mol. The molecule has 0 spiro atoms. The van der Waals surface area contributed by atoms with Gasteiger partial charge in [0.1, 0.15) is 11.6 Å². The maximum Gasteiger partial charge on any atom is 0.224 e. The Morgan fingerprint density at radius 1 is 1.14 bits per heavy atom. The van der Waals surface area contributed by atoms with Crippen molar-refractivity contribution in [2.24, 2.45) is 0 Å². The monoisotopic (exact) mass is 298 g/mol. The number of aryl methyl sites for hydroxylation is 1. The lowest BCUT2D eigenvalue weighted by Crippen LogP contribution is -2.18. The van der Waals surface area contributed by atoms with Crippen molar-refractivity contribution in [3.8, 4) is 0 Å². The highest BCUT2D eigenvalue weighted by Gasteiger charge is 2.25. The summed E-state index contributed by atoms with van der Waals surface area (Å²) < 4.78 is 0. The molecule has 2 aromatic rings. The van der Waals surface area contributed by atoms with Gasteiger partial charge in [0.2, 0.25) is 5.95 Å². The summed E-state index contributed by atoms with van der Waals surface area (Å²) in [4.78, 5) is 20.4. The number of anilines is 2. The number of rotatable bonds is 2. The Labute approximate surface area is 131 Å². The van der Waals surface area contributed by atoms with Gasteiger partial charge in [-0.05, 0) is 6.92 Å². The number of fused-ring (bicyclic) bond motifs is 1. The van der Waals surface area contributed by atoms with E-state index in [1.54, 1.807) is 0 Å². The van der Waals surface area contributed by atoms with Gasteiger partial charge in [0.15, 0.2) is 0 Å². The first kappa shape index (κ1) is 14.7. The summed E-state index contributed by atoms with van der Waals surface area (Å²) in [5, 5.41) is 3.00. The van der Waals surface area contributed by atoms with Gasteiger partial charge in [0.05, 0.1) is 12.2 Å². The van der Waals surface area contributed by atoms with Crippen LogP contribution in [0.5, 0.6) is 0 Å². The van der Waals surface area contributed by atoms with Gasteiger partial charge in [0.25, 0.3) is 0 Å². The summed E-state index contributed by atoms with van der Waals surface area (Å²) in [5.74, 6) is 2.46. The first-order valence-corrected chi connectivity index (χ1v) is 7.50. The van der Waals surface area contributed by atoms with Crippen LogP contribution in [0, 0.1) is 6.92 Å². The van der Waals surface area contributed by atoms with E-state index in [4.69, 9.17) is 4.98 Å². The molecule has 0 aliphatic carbocycles. The SMILES string of the molecule is CNc1nc(C)cc(N2Cc3cnc(C(C)(C)C)nc3C2)n1. The fourth-order valence-corrected chi connectivity index (χ4v) is 2.50. The van der Waals surface area contributed by atoms with Crippen LogP contribution >= 0.6 is 0 Å². The smallest absolute Gasteiger partial charge is 0.224 e. The fraction of sp³-hybridized carbons (Fsp3) is 0.500. The van der Waals surface area contributed by atoms with Crippen LogP contribution in [-0.4, -0.2) is 27.0 Å². The molecule has 1 aliphatic rings. The van der Waals surface area contributed by atoms with Crippen LogP contribution in [-0.2, 0) is 18.5 Å². The Hall–Kier alpha value is -2.24. The largest absolute Gasteiger partial charge is 0.357 e. The van der Waals surface area contributed by atoms with Gasteiger partial charge in [-0.2, -0.15) is 4.98 Å². The lowest BCUT2D eigenvalue weighted by Gasteiger charge is -2.17. The third kappa shape index (κ3) is 2.73. The van der Waals surface area contributed by atoms with Gasteiger partial charge < -0.3 is 10.2 Å². The van der Waals surface area contributed by atoms with E-state index in [0.29, 0.717) is 5.95 Å². The predicted octanol–water partition coefficient (Wildman–Crippen LogP) is 2.43. The molecule has 1 N–H and O–H groups in total. The van der Waals surface area contributed by atoms with E-state index in [1.807, 2.05) is 26.2 Å². The molecule has 2 aromatic heterocycles. The zero-order valence-electron chi connectivity index (χ0n) is 13.8. The van der Waals surface area contributed by atoms with Crippen molar-refractivity contribution in [2.45, 2.75) is 46.2 Å². The quantitative estimate of drug-likeness (QED) is 0.918. The molecule has 0 saturated heterocycles. The van der Waals surface area contributed by atoms with Crippen LogP contribution in [0.4, 0.5) is 11.8 Å². The molecule has 22 heavy (non-hydrogen) atoms. The molecular weight excluding hydrogens is 276 g/mol. The second kappa shape index (κ2) is 5.19. The molecule has 0 fully saturated rings. The van der Waals surface area contributed by atoms with Crippen molar-refractivity contribution in [2.75, 3.05) is 17.3 Å². The Balaban J connectivity index is 1.90. The topological polar surface area (TPSA) is 66.8 Å². The molecule has 116 valence electrons. The highest BCUT2D eigenvalue weighted by Crippen LogP contribution is 2.28. The summed E-state index contributed by atoms with van der Waals surface area (Å²) in [5.41, 5.74) is 3.19. The zero-order valence-corrected chi connectivity index (χ0v) is 13.8. The molecular formula is C16H22N6. The lowest BCUT2D eigenvalue weighted by molar-refractivity contribution is 0.541. The van der Waals surface area contributed by atoms with Gasteiger partial charge in [-0.1, -0.05) is 20.8 Å². The van der Waals surface area contributed by atoms with E-state index < -0.39 is 0 Å². The first-order chi connectivity index (χ1) is 10.4. The molecule has 0 radical (unpaired) electrons. The molecule has 1 aliphatic heterocycles. The highest BCUT2D eigenvalue weighted by molar-refractivity contribution is 5.48. The molecule has 6 heteroatoms. The van der Waals surface area contributed by atoms with E-state index in [9.17, 15) is 0 Å². The molecule has 0 saturated carbocycles. The summed E-state index contributed by atoms with van der Waals surface area (Å²) >= 11 is 0. The van der Waals surface area contributed by atoms with Crippen molar-refractivity contribution >= 4 is 11.8 Å². The summed E-state index contributed by atoms with van der Waals surface area (Å²) in [7, 11) is 1.83. The summed E-state index contributed by atoms with van der Waals surface area (Å²) in [6, 6.07) is 2.00. The number of nitrogens with zero attached hydrogens (tertiary/aromatic N) is 5. The van der Waals surface area contributed by atoms with Crippen LogP contribution in [0.15, 0.2) is 12.3 Å². The lowest BCUT2D eigenvalue weighted by atomic mass is 9.95. The van der Waals surface area contributed by atoms with Crippen molar-refractivity contribution < 1.29 is 0 Å². The van der Waals surface area contributed by atoms with Gasteiger partial charge in [-0.25, -0.2) is 15.0 Å². The molecule has 0 unspecified atom stereocenters. The molecule has 6 nitrogen and oxygen atoms in total. The Morgan fingerprint density at radius 3 is 2.59 bits per heavy atom. The van der Waals surface area contributed by atoms with Crippen LogP contribution in [0.3, 0.4) is 0 Å². The Kier molecular flexibility index (Phi) is 3.47. The number of hydrogen-bond donors (Lipinski definition) is 1. The van der Waals surface area contributed by atoms with E-state index in [1.165, 1.54) is 5.56 Å². The van der Waals surface area contributed by atoms with Crippen molar-refractivity contribution in [1.82, 2.24) is 19.9 Å². The fourth-order valence-electron chi connectivity index (χ4n) is 2.50. The minimum absolute atomic E-state index is 0.0345. The summed E-state index contributed by atoms with van der Waals surface area (Å²) in [6.45, 7) is 9.93. The Bertz CT molecular complexity index is 704. The second-order valence-corrected chi connectivity index (χ2v) is 6.71. The normalized spacial score (nSPS) is 14.1. The molecule has 0 amide bonds. The number of hydrogen-bond acceptors (Lipinski definition) is 6. The molecule has 0 aromatic carbocycles. The minimum atomic E-state index is -0.0345. The number of nitrogens with one attached hydrogen (secondary N) is 1. The van der Waals surface area contributed by atoms with Crippen molar-refractivity contribution in [1.29, 1.82) is 0 Å².